The van der Waals surface area contributed by atoms with E-state index in [-0.39, 0.29) is 17.9 Å². The highest BCUT2D eigenvalue weighted by molar-refractivity contribution is 5.93. The highest BCUT2D eigenvalue weighted by atomic mass is 16.5. The van der Waals surface area contributed by atoms with Crippen molar-refractivity contribution >= 4 is 11.6 Å². The first kappa shape index (κ1) is 12.0. The maximum Gasteiger partial charge on any atom is 0.231 e. The van der Waals surface area contributed by atoms with Crippen LogP contribution in [0.1, 0.15) is 5.56 Å². The maximum atomic E-state index is 12.1. The third-order valence-corrected chi connectivity index (χ3v) is 3.09. The molecule has 1 aliphatic rings. The normalized spacial score (nSPS) is 23.6. The number of amides is 1. The van der Waals surface area contributed by atoms with Crippen LogP contribution in [-0.4, -0.2) is 37.2 Å². The molecule has 2 N–H and O–H groups in total. The summed E-state index contributed by atoms with van der Waals surface area (Å²) in [5, 5.41) is 5.99. The molecule has 1 fully saturated rings. The van der Waals surface area contributed by atoms with Crippen molar-refractivity contribution < 1.29 is 9.53 Å². The van der Waals surface area contributed by atoms with Crippen molar-refractivity contribution in [2.45, 2.75) is 13.0 Å². The summed E-state index contributed by atoms with van der Waals surface area (Å²) < 4.78 is 5.31. The van der Waals surface area contributed by atoms with E-state index in [1.165, 1.54) is 0 Å². The minimum absolute atomic E-state index is 0.0158. The van der Waals surface area contributed by atoms with Crippen molar-refractivity contribution in [2.24, 2.45) is 5.92 Å². The second kappa shape index (κ2) is 5.25. The molecule has 5 nitrogen and oxygen atoms in total. The number of anilines is 1. The van der Waals surface area contributed by atoms with Gasteiger partial charge in [-0.05, 0) is 25.6 Å². The molecule has 0 saturated carbocycles. The van der Waals surface area contributed by atoms with Gasteiger partial charge in [0.15, 0.2) is 0 Å². The molecule has 92 valence electrons. The quantitative estimate of drug-likeness (QED) is 0.803. The number of aryl methyl sites for hydroxylation is 1. The first-order valence-corrected chi connectivity index (χ1v) is 5.69. The standard InChI is InChI=1S/C12H17N3O2/c1-8-3-4-14-5-10(8)15-12(16)9-6-17-7-11(9)13-2/h3-5,9,11,13H,6-7H2,1-2H3,(H,15,16). The van der Waals surface area contributed by atoms with Gasteiger partial charge in [0.05, 0.1) is 31.0 Å². The van der Waals surface area contributed by atoms with Crippen molar-refractivity contribution in [2.75, 3.05) is 25.6 Å². The SMILES string of the molecule is CNC1COCC1C(=O)Nc1cnccc1C. The van der Waals surface area contributed by atoms with Gasteiger partial charge < -0.3 is 15.4 Å². The number of pyridine rings is 1. The molecule has 1 aromatic heterocycles. The molecule has 1 amide bonds. The van der Waals surface area contributed by atoms with Crippen LogP contribution in [0.2, 0.25) is 0 Å². The van der Waals surface area contributed by atoms with Gasteiger partial charge in [0.25, 0.3) is 0 Å². The molecule has 0 radical (unpaired) electrons. The molecular formula is C12H17N3O2. The van der Waals surface area contributed by atoms with Crippen LogP contribution in [0, 0.1) is 12.8 Å². The molecule has 2 heterocycles. The third kappa shape index (κ3) is 2.62. The smallest absolute Gasteiger partial charge is 0.231 e. The van der Waals surface area contributed by atoms with E-state index in [9.17, 15) is 4.79 Å². The summed E-state index contributed by atoms with van der Waals surface area (Å²) in [6, 6.07) is 1.96. The summed E-state index contributed by atoms with van der Waals surface area (Å²) in [4.78, 5) is 16.1. The Balaban J connectivity index is 2.04. The van der Waals surface area contributed by atoms with E-state index in [4.69, 9.17) is 4.74 Å². The van der Waals surface area contributed by atoms with Crippen LogP contribution in [0.15, 0.2) is 18.5 Å². The van der Waals surface area contributed by atoms with Crippen LogP contribution in [0.4, 0.5) is 5.69 Å². The van der Waals surface area contributed by atoms with E-state index in [0.29, 0.717) is 13.2 Å². The van der Waals surface area contributed by atoms with Gasteiger partial charge in [-0.3, -0.25) is 9.78 Å². The molecule has 2 atom stereocenters. The Hall–Kier alpha value is -1.46. The minimum atomic E-state index is -0.139. The average Bonchev–Trinajstić information content (AvgIpc) is 2.80. The van der Waals surface area contributed by atoms with Crippen LogP contribution < -0.4 is 10.6 Å². The summed E-state index contributed by atoms with van der Waals surface area (Å²) in [6.45, 7) is 3.00. The molecular weight excluding hydrogens is 218 g/mol. The largest absolute Gasteiger partial charge is 0.379 e. The number of hydrogen-bond acceptors (Lipinski definition) is 4. The first-order valence-electron chi connectivity index (χ1n) is 5.69. The molecule has 2 rings (SSSR count). The lowest BCUT2D eigenvalue weighted by molar-refractivity contribution is -0.120. The predicted octanol–water partition coefficient (Wildman–Crippen LogP) is 0.563. The Kier molecular flexibility index (Phi) is 3.71. The molecule has 1 saturated heterocycles. The van der Waals surface area contributed by atoms with Gasteiger partial charge in [-0.15, -0.1) is 0 Å². The van der Waals surface area contributed by atoms with Crippen molar-refractivity contribution in [3.8, 4) is 0 Å². The van der Waals surface area contributed by atoms with Gasteiger partial charge in [-0.2, -0.15) is 0 Å². The average molecular weight is 235 g/mol. The Morgan fingerprint density at radius 2 is 2.35 bits per heavy atom. The summed E-state index contributed by atoms with van der Waals surface area (Å²) in [6.07, 6.45) is 3.37. The molecule has 0 bridgehead atoms. The van der Waals surface area contributed by atoms with Gasteiger partial charge >= 0.3 is 0 Å². The molecule has 17 heavy (non-hydrogen) atoms. The molecule has 5 heteroatoms. The number of nitrogens with one attached hydrogen (secondary N) is 2. The van der Waals surface area contributed by atoms with E-state index >= 15 is 0 Å². The highest BCUT2D eigenvalue weighted by Gasteiger charge is 2.33. The zero-order valence-corrected chi connectivity index (χ0v) is 10.1. The van der Waals surface area contributed by atoms with Crippen molar-refractivity contribution in [3.05, 3.63) is 24.0 Å². The van der Waals surface area contributed by atoms with Gasteiger partial charge in [-0.1, -0.05) is 0 Å². The maximum absolute atomic E-state index is 12.1. The van der Waals surface area contributed by atoms with Gasteiger partial charge in [0.2, 0.25) is 5.91 Å². The van der Waals surface area contributed by atoms with Crippen LogP contribution >= 0.6 is 0 Å². The van der Waals surface area contributed by atoms with Crippen LogP contribution in [-0.2, 0) is 9.53 Å². The van der Waals surface area contributed by atoms with Crippen LogP contribution in [0.5, 0.6) is 0 Å². The van der Waals surface area contributed by atoms with E-state index in [1.807, 2.05) is 20.0 Å². The fourth-order valence-electron chi connectivity index (χ4n) is 1.92. The third-order valence-electron chi connectivity index (χ3n) is 3.09. The van der Waals surface area contributed by atoms with Gasteiger partial charge in [0.1, 0.15) is 0 Å². The Bertz CT molecular complexity index is 408. The zero-order valence-electron chi connectivity index (χ0n) is 10.1. The van der Waals surface area contributed by atoms with Gasteiger partial charge in [0, 0.05) is 12.2 Å². The number of likely N-dealkylation sites (N-methyl/N-ethyl adjacent to an activating group) is 1. The summed E-state index contributed by atoms with van der Waals surface area (Å²) in [5.41, 5.74) is 1.77. The fourth-order valence-corrected chi connectivity index (χ4v) is 1.92. The number of nitrogens with zero attached hydrogens (tertiary/aromatic N) is 1. The van der Waals surface area contributed by atoms with E-state index in [2.05, 4.69) is 15.6 Å². The first-order chi connectivity index (χ1) is 8.22. The Morgan fingerprint density at radius 1 is 1.53 bits per heavy atom. The number of carbonyl (C=O) groups excluding carboxylic acids is 1. The monoisotopic (exact) mass is 235 g/mol. The van der Waals surface area contributed by atoms with Gasteiger partial charge in [-0.25, -0.2) is 0 Å². The Labute approximate surface area is 101 Å². The molecule has 1 aromatic rings. The molecule has 0 aromatic carbocycles. The van der Waals surface area contributed by atoms with Crippen LogP contribution in [0.25, 0.3) is 0 Å². The number of aromatic nitrogens is 1. The van der Waals surface area contributed by atoms with E-state index in [1.54, 1.807) is 12.4 Å². The van der Waals surface area contributed by atoms with Crippen molar-refractivity contribution in [3.63, 3.8) is 0 Å². The molecule has 2 unspecified atom stereocenters. The molecule has 0 spiro atoms. The number of hydrogen-bond donors (Lipinski definition) is 2. The minimum Gasteiger partial charge on any atom is -0.379 e. The number of carbonyl (C=O) groups is 1. The van der Waals surface area contributed by atoms with E-state index < -0.39 is 0 Å². The lowest BCUT2D eigenvalue weighted by Crippen LogP contribution is -2.39. The highest BCUT2D eigenvalue weighted by Crippen LogP contribution is 2.18. The zero-order chi connectivity index (χ0) is 12.3. The van der Waals surface area contributed by atoms with Crippen LogP contribution in [0.3, 0.4) is 0 Å². The predicted molar refractivity (Wildman–Crippen MR) is 64.8 cm³/mol. The van der Waals surface area contributed by atoms with E-state index in [0.717, 1.165) is 11.3 Å². The number of rotatable bonds is 3. The second-order valence-corrected chi connectivity index (χ2v) is 4.22. The molecule has 0 aliphatic carbocycles. The lowest BCUT2D eigenvalue weighted by atomic mass is 10.0. The fraction of sp³-hybridized carbons (Fsp3) is 0.500. The summed E-state index contributed by atoms with van der Waals surface area (Å²) in [5.74, 6) is -0.155. The second-order valence-electron chi connectivity index (χ2n) is 4.22. The molecule has 1 aliphatic heterocycles. The van der Waals surface area contributed by atoms with Crippen molar-refractivity contribution in [1.29, 1.82) is 0 Å². The number of ether oxygens (including phenoxy) is 1. The topological polar surface area (TPSA) is 63.2 Å². The lowest BCUT2D eigenvalue weighted by Gasteiger charge is -2.16. The summed E-state index contributed by atoms with van der Waals surface area (Å²) in [7, 11) is 1.84. The Morgan fingerprint density at radius 3 is 3.06 bits per heavy atom. The summed E-state index contributed by atoms with van der Waals surface area (Å²) >= 11 is 0. The van der Waals surface area contributed by atoms with Crippen molar-refractivity contribution in [1.82, 2.24) is 10.3 Å².